The van der Waals surface area contributed by atoms with Gasteiger partial charge >= 0.3 is 0 Å². The van der Waals surface area contributed by atoms with Crippen LogP contribution in [0.25, 0.3) is 22.2 Å². The van der Waals surface area contributed by atoms with E-state index in [9.17, 15) is 0 Å². The average Bonchev–Trinajstić information content (AvgIpc) is 3.39. The van der Waals surface area contributed by atoms with Gasteiger partial charge in [0.25, 0.3) is 0 Å². The van der Waals surface area contributed by atoms with Gasteiger partial charge in [0, 0.05) is 32.4 Å². The van der Waals surface area contributed by atoms with Crippen molar-refractivity contribution in [1.82, 2.24) is 29.9 Å². The third-order valence-corrected chi connectivity index (χ3v) is 4.97. The topological polar surface area (TPSA) is 89.6 Å². The van der Waals surface area contributed by atoms with Crippen LogP contribution in [-0.2, 0) is 0 Å². The predicted octanol–water partition coefficient (Wildman–Crippen LogP) is 1.94. The molecule has 0 aromatic carbocycles. The molecule has 1 saturated heterocycles. The molecule has 8 nitrogen and oxygen atoms in total. The highest BCUT2D eigenvalue weighted by molar-refractivity contribution is 5.87. The van der Waals surface area contributed by atoms with Crippen molar-refractivity contribution in [2.24, 2.45) is 0 Å². The number of nitrogens with zero attached hydrogens (tertiary/aromatic N) is 6. The van der Waals surface area contributed by atoms with Gasteiger partial charge in [0.1, 0.15) is 23.6 Å². The normalized spacial score (nSPS) is 17.6. The molecule has 0 amide bonds. The first-order chi connectivity index (χ1) is 12.3. The van der Waals surface area contributed by atoms with Gasteiger partial charge in [0.2, 0.25) is 0 Å². The van der Waals surface area contributed by atoms with E-state index in [1.165, 1.54) is 0 Å². The molecular formula is C17H18N8. The van der Waals surface area contributed by atoms with E-state index in [0.717, 1.165) is 53.3 Å². The number of hydrogen-bond donors (Lipinski definition) is 2. The highest BCUT2D eigenvalue weighted by Gasteiger charge is 2.28. The monoisotopic (exact) mass is 334 g/mol. The lowest BCUT2D eigenvalue weighted by Gasteiger charge is -2.26. The maximum Gasteiger partial charge on any atom is 0.179 e. The quantitative estimate of drug-likeness (QED) is 0.595. The van der Waals surface area contributed by atoms with Crippen molar-refractivity contribution in [3.8, 4) is 0 Å². The van der Waals surface area contributed by atoms with Crippen LogP contribution in [0.15, 0.2) is 37.1 Å². The minimum atomic E-state index is 0.382. The van der Waals surface area contributed by atoms with Crippen LogP contribution >= 0.6 is 0 Å². The zero-order chi connectivity index (χ0) is 16.8. The Bertz CT molecular complexity index is 1040. The lowest BCUT2D eigenvalue weighted by atomic mass is 10.2. The van der Waals surface area contributed by atoms with Crippen molar-refractivity contribution >= 4 is 33.8 Å². The number of likely N-dealkylation sites (N-methyl/N-ethyl adjacent to an activating group) is 1. The Hall–Kier alpha value is -3.16. The standard InChI is InChI=1S/C17H18N8/c1-24(14-3-2-13-16(23-14)21-9-19-13)11-5-7-25(8-11)17-12-4-6-18-15(12)20-10-22-17/h2-4,6,9-11H,5,7-8H2,1H3,(H,18,20,22)(H,19,21,23)/t11-/m1/s1. The second kappa shape index (κ2) is 5.44. The van der Waals surface area contributed by atoms with Crippen LogP contribution in [0.2, 0.25) is 0 Å². The van der Waals surface area contributed by atoms with Crippen molar-refractivity contribution in [2.75, 3.05) is 29.9 Å². The maximum atomic E-state index is 4.65. The van der Waals surface area contributed by atoms with Crippen LogP contribution in [0.5, 0.6) is 0 Å². The van der Waals surface area contributed by atoms with Gasteiger partial charge in [-0.1, -0.05) is 0 Å². The Morgan fingerprint density at radius 2 is 2.12 bits per heavy atom. The first-order valence-electron chi connectivity index (χ1n) is 8.35. The summed E-state index contributed by atoms with van der Waals surface area (Å²) in [5.74, 6) is 1.94. The second-order valence-electron chi connectivity index (χ2n) is 6.38. The van der Waals surface area contributed by atoms with Crippen molar-refractivity contribution < 1.29 is 0 Å². The van der Waals surface area contributed by atoms with Crippen LogP contribution in [-0.4, -0.2) is 56.1 Å². The van der Waals surface area contributed by atoms with Crippen molar-refractivity contribution in [3.63, 3.8) is 0 Å². The van der Waals surface area contributed by atoms with E-state index in [4.69, 9.17) is 0 Å². The molecule has 2 N–H and O–H groups in total. The molecule has 4 aromatic heterocycles. The Morgan fingerprint density at radius 3 is 3.08 bits per heavy atom. The van der Waals surface area contributed by atoms with E-state index in [1.807, 2.05) is 24.4 Å². The summed E-state index contributed by atoms with van der Waals surface area (Å²) >= 11 is 0. The van der Waals surface area contributed by atoms with Gasteiger partial charge in [0.15, 0.2) is 5.65 Å². The fourth-order valence-corrected chi connectivity index (χ4v) is 3.56. The van der Waals surface area contributed by atoms with Crippen molar-refractivity contribution in [2.45, 2.75) is 12.5 Å². The SMILES string of the molecule is CN(c1ccc2[nH]cnc2n1)[C@@H]1CCN(c2ncnc3[nH]ccc23)C1. The molecule has 1 atom stereocenters. The minimum absolute atomic E-state index is 0.382. The molecule has 0 bridgehead atoms. The zero-order valence-electron chi connectivity index (χ0n) is 13.8. The lowest BCUT2D eigenvalue weighted by Crippen LogP contribution is -2.35. The molecule has 0 aliphatic carbocycles. The predicted molar refractivity (Wildman–Crippen MR) is 96.8 cm³/mol. The van der Waals surface area contributed by atoms with Crippen LogP contribution in [0, 0.1) is 0 Å². The third kappa shape index (κ3) is 2.29. The number of anilines is 2. The van der Waals surface area contributed by atoms with E-state index in [0.29, 0.717) is 6.04 Å². The molecular weight excluding hydrogens is 316 g/mol. The Balaban J connectivity index is 1.40. The van der Waals surface area contributed by atoms with Crippen LogP contribution in [0.3, 0.4) is 0 Å². The number of nitrogens with one attached hydrogen (secondary N) is 2. The largest absolute Gasteiger partial charge is 0.355 e. The molecule has 0 spiro atoms. The molecule has 5 rings (SSSR count). The van der Waals surface area contributed by atoms with Gasteiger partial charge in [-0.05, 0) is 24.6 Å². The second-order valence-corrected chi connectivity index (χ2v) is 6.38. The molecule has 1 aliphatic rings. The summed E-state index contributed by atoms with van der Waals surface area (Å²) in [6.45, 7) is 1.88. The van der Waals surface area contributed by atoms with Gasteiger partial charge < -0.3 is 19.8 Å². The Morgan fingerprint density at radius 1 is 1.16 bits per heavy atom. The van der Waals surface area contributed by atoms with E-state index in [1.54, 1.807) is 12.7 Å². The van der Waals surface area contributed by atoms with Crippen molar-refractivity contribution in [1.29, 1.82) is 0 Å². The Labute approximate surface area is 143 Å². The van der Waals surface area contributed by atoms with E-state index in [-0.39, 0.29) is 0 Å². The Kier molecular flexibility index (Phi) is 3.09. The minimum Gasteiger partial charge on any atom is -0.355 e. The molecule has 5 heterocycles. The zero-order valence-corrected chi connectivity index (χ0v) is 13.8. The number of H-pyrrole nitrogens is 2. The maximum absolute atomic E-state index is 4.65. The highest BCUT2D eigenvalue weighted by atomic mass is 15.3. The summed E-state index contributed by atoms with van der Waals surface area (Å²) in [6.07, 6.45) is 6.27. The molecule has 126 valence electrons. The summed E-state index contributed by atoms with van der Waals surface area (Å²) in [4.78, 5) is 28.5. The average molecular weight is 334 g/mol. The summed E-state index contributed by atoms with van der Waals surface area (Å²) in [5, 5.41) is 1.07. The number of aromatic amines is 2. The fraction of sp³-hybridized carbons (Fsp3) is 0.294. The number of hydrogen-bond acceptors (Lipinski definition) is 6. The first-order valence-corrected chi connectivity index (χ1v) is 8.35. The summed E-state index contributed by atoms with van der Waals surface area (Å²) in [7, 11) is 2.10. The van der Waals surface area contributed by atoms with E-state index >= 15 is 0 Å². The van der Waals surface area contributed by atoms with Crippen molar-refractivity contribution in [3.05, 3.63) is 37.1 Å². The molecule has 25 heavy (non-hydrogen) atoms. The summed E-state index contributed by atoms with van der Waals surface area (Å²) in [5.41, 5.74) is 2.59. The van der Waals surface area contributed by atoms with Crippen LogP contribution in [0.1, 0.15) is 6.42 Å². The van der Waals surface area contributed by atoms with Gasteiger partial charge in [0.05, 0.1) is 17.2 Å². The number of rotatable bonds is 3. The van der Waals surface area contributed by atoms with Gasteiger partial charge in [-0.2, -0.15) is 0 Å². The van der Waals surface area contributed by atoms with Gasteiger partial charge in [-0.25, -0.2) is 19.9 Å². The molecule has 4 aromatic rings. The van der Waals surface area contributed by atoms with Gasteiger partial charge in [-0.15, -0.1) is 0 Å². The molecule has 0 saturated carbocycles. The van der Waals surface area contributed by atoms with Gasteiger partial charge in [-0.3, -0.25) is 0 Å². The number of aromatic nitrogens is 6. The number of imidazole rings is 1. The van der Waals surface area contributed by atoms with E-state index < -0.39 is 0 Å². The number of fused-ring (bicyclic) bond motifs is 2. The highest BCUT2D eigenvalue weighted by Crippen LogP contribution is 2.28. The molecule has 0 radical (unpaired) electrons. The number of pyridine rings is 1. The summed E-state index contributed by atoms with van der Waals surface area (Å²) in [6, 6.07) is 6.49. The first kappa shape index (κ1) is 14.2. The fourth-order valence-electron chi connectivity index (χ4n) is 3.56. The summed E-state index contributed by atoms with van der Waals surface area (Å²) < 4.78 is 0. The molecule has 8 heteroatoms. The van der Waals surface area contributed by atoms with Crippen LogP contribution < -0.4 is 9.80 Å². The lowest BCUT2D eigenvalue weighted by molar-refractivity contribution is 0.685. The van der Waals surface area contributed by atoms with Crippen LogP contribution in [0.4, 0.5) is 11.6 Å². The molecule has 1 aliphatic heterocycles. The van der Waals surface area contributed by atoms with E-state index in [2.05, 4.69) is 46.8 Å². The molecule has 1 fully saturated rings. The smallest absolute Gasteiger partial charge is 0.179 e. The molecule has 0 unspecified atom stereocenters. The third-order valence-electron chi connectivity index (χ3n) is 4.97.